The molecular formula is C14H22N2O3S. The first kappa shape index (κ1) is 16.7. The van der Waals surface area contributed by atoms with E-state index >= 15 is 0 Å². The highest BCUT2D eigenvalue weighted by atomic mass is 32.2. The number of nitrogens with one attached hydrogen (secondary N) is 2. The van der Waals surface area contributed by atoms with E-state index in [0.29, 0.717) is 6.54 Å². The molecule has 0 aliphatic carbocycles. The van der Waals surface area contributed by atoms with E-state index in [2.05, 4.69) is 17.0 Å². The van der Waals surface area contributed by atoms with Gasteiger partial charge in [-0.25, -0.2) is 8.42 Å². The van der Waals surface area contributed by atoms with Crippen molar-refractivity contribution in [3.05, 3.63) is 30.3 Å². The number of amides is 1. The Labute approximate surface area is 120 Å². The molecule has 5 nitrogen and oxygen atoms in total. The van der Waals surface area contributed by atoms with Gasteiger partial charge in [-0.15, -0.1) is 0 Å². The monoisotopic (exact) mass is 298 g/mol. The molecule has 0 aromatic heterocycles. The molecule has 20 heavy (non-hydrogen) atoms. The summed E-state index contributed by atoms with van der Waals surface area (Å²) in [6, 6.07) is 7.22. The van der Waals surface area contributed by atoms with E-state index in [9.17, 15) is 13.2 Å². The van der Waals surface area contributed by atoms with Crippen molar-refractivity contribution in [1.29, 1.82) is 0 Å². The summed E-state index contributed by atoms with van der Waals surface area (Å²) in [4.78, 5) is 11.9. The molecule has 0 aliphatic heterocycles. The Kier molecular flexibility index (Phi) is 6.67. The molecule has 1 aromatic carbocycles. The summed E-state index contributed by atoms with van der Waals surface area (Å²) >= 11 is 0. The van der Waals surface area contributed by atoms with Gasteiger partial charge in [0.25, 0.3) is 0 Å². The zero-order valence-electron chi connectivity index (χ0n) is 11.9. The summed E-state index contributed by atoms with van der Waals surface area (Å²) in [6.45, 7) is 4.19. The largest absolute Gasteiger partial charge is 0.355 e. The van der Waals surface area contributed by atoms with E-state index in [1.807, 2.05) is 0 Å². The van der Waals surface area contributed by atoms with Gasteiger partial charge in [-0.3, -0.25) is 4.79 Å². The maximum atomic E-state index is 12.0. The van der Waals surface area contributed by atoms with Gasteiger partial charge in [0.2, 0.25) is 15.9 Å². The van der Waals surface area contributed by atoms with Crippen LogP contribution in [0.15, 0.2) is 35.2 Å². The summed E-state index contributed by atoms with van der Waals surface area (Å²) in [7, 11) is -3.65. The second-order valence-electron chi connectivity index (χ2n) is 4.65. The van der Waals surface area contributed by atoms with Crippen LogP contribution in [-0.4, -0.2) is 26.9 Å². The number of carbonyl (C=O) groups is 1. The first-order valence-corrected chi connectivity index (χ1v) is 8.30. The summed E-state index contributed by atoms with van der Waals surface area (Å²) in [6.07, 6.45) is 3.02. The van der Waals surface area contributed by atoms with E-state index in [-0.39, 0.29) is 10.8 Å². The molecule has 0 unspecified atom stereocenters. The number of hydrogen-bond acceptors (Lipinski definition) is 3. The molecule has 112 valence electrons. The second-order valence-corrected chi connectivity index (χ2v) is 6.37. The molecule has 0 fully saturated rings. The average molecular weight is 298 g/mol. The van der Waals surface area contributed by atoms with Crippen LogP contribution in [0, 0.1) is 0 Å². The first-order valence-electron chi connectivity index (χ1n) is 6.82. The third kappa shape index (κ3) is 5.30. The lowest BCUT2D eigenvalue weighted by molar-refractivity contribution is -0.122. The number of benzene rings is 1. The molecule has 0 spiro atoms. The quantitative estimate of drug-likeness (QED) is 0.717. The van der Waals surface area contributed by atoms with Crippen LogP contribution >= 0.6 is 0 Å². The minimum Gasteiger partial charge on any atom is -0.355 e. The van der Waals surface area contributed by atoms with Crippen LogP contribution in [-0.2, 0) is 14.8 Å². The van der Waals surface area contributed by atoms with Crippen molar-refractivity contribution in [3.8, 4) is 0 Å². The minimum absolute atomic E-state index is 0.158. The Balaban J connectivity index is 2.53. The molecule has 0 bridgehead atoms. The maximum Gasteiger partial charge on any atom is 0.241 e. The normalized spacial score (nSPS) is 12.9. The topological polar surface area (TPSA) is 75.3 Å². The third-order valence-electron chi connectivity index (χ3n) is 2.86. The molecule has 0 aliphatic rings. The Morgan fingerprint density at radius 2 is 1.85 bits per heavy atom. The van der Waals surface area contributed by atoms with Gasteiger partial charge in [0.15, 0.2) is 0 Å². The maximum absolute atomic E-state index is 12.0. The van der Waals surface area contributed by atoms with Crippen molar-refractivity contribution >= 4 is 15.9 Å². The lowest BCUT2D eigenvalue weighted by Crippen LogP contribution is -2.44. The van der Waals surface area contributed by atoms with E-state index in [0.717, 1.165) is 19.3 Å². The van der Waals surface area contributed by atoms with Crippen molar-refractivity contribution in [2.75, 3.05) is 6.54 Å². The van der Waals surface area contributed by atoms with Gasteiger partial charge in [0.1, 0.15) is 0 Å². The summed E-state index contributed by atoms with van der Waals surface area (Å²) in [5.41, 5.74) is 0. The van der Waals surface area contributed by atoms with E-state index in [1.165, 1.54) is 19.1 Å². The molecule has 1 atom stereocenters. The molecular weight excluding hydrogens is 276 g/mol. The van der Waals surface area contributed by atoms with Crippen LogP contribution in [0.1, 0.15) is 33.1 Å². The van der Waals surface area contributed by atoms with E-state index in [1.54, 1.807) is 18.2 Å². The Morgan fingerprint density at radius 3 is 2.45 bits per heavy atom. The SMILES string of the molecule is CCCCCNC(=O)[C@@H](C)NS(=O)(=O)c1ccccc1. The summed E-state index contributed by atoms with van der Waals surface area (Å²) in [5, 5.41) is 2.73. The lowest BCUT2D eigenvalue weighted by atomic mass is 10.2. The Hall–Kier alpha value is -1.40. The lowest BCUT2D eigenvalue weighted by Gasteiger charge is -2.14. The zero-order valence-corrected chi connectivity index (χ0v) is 12.7. The number of unbranched alkanes of at least 4 members (excludes halogenated alkanes) is 2. The molecule has 2 N–H and O–H groups in total. The Morgan fingerprint density at radius 1 is 1.20 bits per heavy atom. The highest BCUT2D eigenvalue weighted by Gasteiger charge is 2.21. The zero-order chi connectivity index (χ0) is 15.0. The highest BCUT2D eigenvalue weighted by molar-refractivity contribution is 7.89. The molecule has 1 rings (SSSR count). The van der Waals surface area contributed by atoms with Crippen LogP contribution in [0.25, 0.3) is 0 Å². The average Bonchev–Trinajstić information content (AvgIpc) is 2.44. The van der Waals surface area contributed by atoms with Gasteiger partial charge in [0.05, 0.1) is 10.9 Å². The summed E-state index contributed by atoms with van der Waals surface area (Å²) in [5.74, 6) is -0.305. The number of sulfonamides is 1. The smallest absolute Gasteiger partial charge is 0.241 e. The fourth-order valence-electron chi connectivity index (χ4n) is 1.69. The van der Waals surface area contributed by atoms with Gasteiger partial charge < -0.3 is 5.32 Å². The van der Waals surface area contributed by atoms with Crippen LogP contribution in [0.4, 0.5) is 0 Å². The minimum atomic E-state index is -3.65. The van der Waals surface area contributed by atoms with Gasteiger partial charge in [-0.2, -0.15) is 4.72 Å². The van der Waals surface area contributed by atoms with Crippen molar-refractivity contribution in [2.45, 2.75) is 44.0 Å². The van der Waals surface area contributed by atoms with Crippen LogP contribution < -0.4 is 10.0 Å². The van der Waals surface area contributed by atoms with Gasteiger partial charge >= 0.3 is 0 Å². The Bertz CT molecular complexity index is 514. The molecule has 6 heteroatoms. The summed E-state index contributed by atoms with van der Waals surface area (Å²) < 4.78 is 26.4. The molecule has 0 heterocycles. The predicted octanol–water partition coefficient (Wildman–Crippen LogP) is 1.66. The fourth-order valence-corrected chi connectivity index (χ4v) is 2.92. The molecule has 0 radical (unpaired) electrons. The predicted molar refractivity (Wildman–Crippen MR) is 78.8 cm³/mol. The number of hydrogen-bond donors (Lipinski definition) is 2. The fraction of sp³-hybridized carbons (Fsp3) is 0.500. The molecule has 0 saturated heterocycles. The van der Waals surface area contributed by atoms with Crippen LogP contribution in [0.5, 0.6) is 0 Å². The molecule has 1 aromatic rings. The van der Waals surface area contributed by atoms with Crippen molar-refractivity contribution in [1.82, 2.24) is 10.0 Å². The number of carbonyl (C=O) groups excluding carboxylic acids is 1. The first-order chi connectivity index (χ1) is 9.47. The highest BCUT2D eigenvalue weighted by Crippen LogP contribution is 2.07. The molecule has 0 saturated carbocycles. The van der Waals surface area contributed by atoms with Gasteiger partial charge in [-0.05, 0) is 25.5 Å². The third-order valence-corrected chi connectivity index (χ3v) is 4.41. The molecule has 1 amide bonds. The second kappa shape index (κ2) is 8.01. The van der Waals surface area contributed by atoms with Gasteiger partial charge in [-0.1, -0.05) is 38.0 Å². The van der Waals surface area contributed by atoms with Crippen LogP contribution in [0.2, 0.25) is 0 Å². The van der Waals surface area contributed by atoms with Crippen molar-refractivity contribution in [3.63, 3.8) is 0 Å². The number of rotatable bonds is 8. The van der Waals surface area contributed by atoms with Crippen molar-refractivity contribution in [2.24, 2.45) is 0 Å². The van der Waals surface area contributed by atoms with Gasteiger partial charge in [0, 0.05) is 6.54 Å². The van der Waals surface area contributed by atoms with E-state index in [4.69, 9.17) is 0 Å². The van der Waals surface area contributed by atoms with Crippen LogP contribution in [0.3, 0.4) is 0 Å². The standard InChI is InChI=1S/C14H22N2O3S/c1-3-4-8-11-15-14(17)12(2)16-20(18,19)13-9-6-5-7-10-13/h5-7,9-10,12,16H,3-4,8,11H2,1-2H3,(H,15,17)/t12-/m1/s1. The van der Waals surface area contributed by atoms with E-state index < -0.39 is 16.1 Å². The van der Waals surface area contributed by atoms with Crippen molar-refractivity contribution < 1.29 is 13.2 Å².